The van der Waals surface area contributed by atoms with Gasteiger partial charge in [-0.1, -0.05) is 23.7 Å². The number of benzene rings is 1. The van der Waals surface area contributed by atoms with Gasteiger partial charge in [-0.05, 0) is 30.5 Å². The quantitative estimate of drug-likeness (QED) is 0.872. The zero-order chi connectivity index (χ0) is 16.1. The molecule has 1 aromatic carbocycles. The van der Waals surface area contributed by atoms with Crippen molar-refractivity contribution in [3.63, 3.8) is 0 Å². The van der Waals surface area contributed by atoms with Gasteiger partial charge in [0.15, 0.2) is 0 Å². The van der Waals surface area contributed by atoms with Gasteiger partial charge in [0.2, 0.25) is 5.91 Å². The zero-order valence-corrected chi connectivity index (χ0v) is 13.3. The summed E-state index contributed by atoms with van der Waals surface area (Å²) in [6, 6.07) is 6.74. The molecular formula is C16H20ClNO4. The van der Waals surface area contributed by atoms with Crippen LogP contribution >= 0.6 is 11.6 Å². The number of carboxylic acid groups (broad SMARTS) is 1. The van der Waals surface area contributed by atoms with E-state index in [9.17, 15) is 14.7 Å². The normalized spacial score (nSPS) is 21.1. The Morgan fingerprint density at radius 2 is 2.05 bits per heavy atom. The van der Waals surface area contributed by atoms with Crippen LogP contribution in [0.2, 0.25) is 5.02 Å². The predicted octanol–water partition coefficient (Wildman–Crippen LogP) is 2.36. The summed E-state index contributed by atoms with van der Waals surface area (Å²) in [5.41, 5.74) is 1.11. The van der Waals surface area contributed by atoms with Gasteiger partial charge in [-0.3, -0.25) is 4.79 Å². The summed E-state index contributed by atoms with van der Waals surface area (Å²) in [7, 11) is 1.54. The minimum Gasteiger partial charge on any atom is -0.480 e. The predicted molar refractivity (Wildman–Crippen MR) is 82.9 cm³/mol. The van der Waals surface area contributed by atoms with Gasteiger partial charge in [0.1, 0.15) is 6.04 Å². The fourth-order valence-corrected chi connectivity index (χ4v) is 2.84. The molecule has 120 valence electrons. The van der Waals surface area contributed by atoms with Crippen molar-refractivity contribution in [2.75, 3.05) is 13.7 Å². The molecule has 1 heterocycles. The molecule has 2 rings (SSSR count). The Morgan fingerprint density at radius 1 is 1.36 bits per heavy atom. The highest BCUT2D eigenvalue weighted by molar-refractivity contribution is 6.30. The Balaban J connectivity index is 1.85. The molecule has 1 N–H and O–H groups in total. The molecule has 6 heteroatoms. The molecule has 0 saturated carbocycles. The molecule has 1 aliphatic heterocycles. The van der Waals surface area contributed by atoms with Crippen molar-refractivity contribution < 1.29 is 19.4 Å². The summed E-state index contributed by atoms with van der Waals surface area (Å²) in [5, 5.41) is 9.90. The second kappa shape index (κ2) is 7.61. The van der Waals surface area contributed by atoms with Crippen molar-refractivity contribution in [2.45, 2.75) is 37.8 Å². The lowest BCUT2D eigenvalue weighted by Crippen LogP contribution is -2.40. The average molecular weight is 326 g/mol. The SMILES string of the molecule is COC1CC(C(=O)O)N(C(=O)CCCc2ccc(Cl)cc2)C1. The molecule has 2 unspecified atom stereocenters. The van der Waals surface area contributed by atoms with E-state index in [0.717, 1.165) is 12.0 Å². The van der Waals surface area contributed by atoms with Gasteiger partial charge in [0, 0.05) is 31.5 Å². The third-order valence-corrected chi connectivity index (χ3v) is 4.22. The third-order valence-electron chi connectivity index (χ3n) is 3.97. The largest absolute Gasteiger partial charge is 0.480 e. The van der Waals surface area contributed by atoms with E-state index in [-0.39, 0.29) is 12.0 Å². The Hall–Kier alpha value is -1.59. The standard InChI is InChI=1S/C16H20ClNO4/c1-22-13-9-14(16(20)21)18(10-13)15(19)4-2-3-11-5-7-12(17)8-6-11/h5-8,13-14H,2-4,9-10H2,1H3,(H,20,21). The Kier molecular flexibility index (Phi) is 5.80. The number of methoxy groups -OCH3 is 1. The van der Waals surface area contributed by atoms with E-state index in [1.807, 2.05) is 24.3 Å². The van der Waals surface area contributed by atoms with Crippen LogP contribution in [0.4, 0.5) is 0 Å². The van der Waals surface area contributed by atoms with Crippen LogP contribution in [0.3, 0.4) is 0 Å². The number of aryl methyl sites for hydroxylation is 1. The van der Waals surface area contributed by atoms with Gasteiger partial charge in [0.25, 0.3) is 0 Å². The van der Waals surface area contributed by atoms with E-state index in [1.54, 1.807) is 0 Å². The second-order valence-corrected chi connectivity index (χ2v) is 5.91. The van der Waals surface area contributed by atoms with E-state index < -0.39 is 12.0 Å². The first-order valence-corrected chi connectivity index (χ1v) is 7.68. The molecule has 1 fully saturated rings. The number of carbonyl (C=O) groups excluding carboxylic acids is 1. The van der Waals surface area contributed by atoms with Crippen molar-refractivity contribution in [2.24, 2.45) is 0 Å². The molecule has 0 aromatic heterocycles. The Labute approximate surface area is 134 Å². The van der Waals surface area contributed by atoms with Crippen LogP contribution in [0.1, 0.15) is 24.8 Å². The van der Waals surface area contributed by atoms with Gasteiger partial charge in [-0.2, -0.15) is 0 Å². The van der Waals surface area contributed by atoms with Gasteiger partial charge >= 0.3 is 5.97 Å². The molecule has 1 saturated heterocycles. The summed E-state index contributed by atoms with van der Waals surface area (Å²) in [5.74, 6) is -1.09. The van der Waals surface area contributed by atoms with Crippen LogP contribution in [0.5, 0.6) is 0 Å². The highest BCUT2D eigenvalue weighted by Gasteiger charge is 2.39. The first kappa shape index (κ1) is 16.8. The molecule has 0 radical (unpaired) electrons. The number of carboxylic acids is 1. The zero-order valence-electron chi connectivity index (χ0n) is 12.5. The molecule has 0 bridgehead atoms. The summed E-state index contributed by atoms with van der Waals surface area (Å²) < 4.78 is 5.19. The minimum absolute atomic E-state index is 0.124. The summed E-state index contributed by atoms with van der Waals surface area (Å²) in [4.78, 5) is 24.9. The van der Waals surface area contributed by atoms with Crippen LogP contribution < -0.4 is 0 Å². The van der Waals surface area contributed by atoms with E-state index in [4.69, 9.17) is 16.3 Å². The fourth-order valence-electron chi connectivity index (χ4n) is 2.72. The number of halogens is 1. The van der Waals surface area contributed by atoms with Crippen LogP contribution in [0.25, 0.3) is 0 Å². The fraction of sp³-hybridized carbons (Fsp3) is 0.500. The molecule has 5 nitrogen and oxygen atoms in total. The molecule has 0 aliphatic carbocycles. The number of amides is 1. The van der Waals surface area contributed by atoms with Crippen molar-refractivity contribution in [1.82, 2.24) is 4.90 Å². The number of rotatable bonds is 6. The lowest BCUT2D eigenvalue weighted by molar-refractivity contribution is -0.148. The van der Waals surface area contributed by atoms with Gasteiger partial charge in [-0.15, -0.1) is 0 Å². The van der Waals surface area contributed by atoms with Crippen molar-refractivity contribution in [1.29, 1.82) is 0 Å². The smallest absolute Gasteiger partial charge is 0.326 e. The maximum Gasteiger partial charge on any atom is 0.326 e. The van der Waals surface area contributed by atoms with E-state index in [0.29, 0.717) is 30.8 Å². The minimum atomic E-state index is -0.967. The number of aliphatic carboxylic acids is 1. The Morgan fingerprint density at radius 3 is 2.64 bits per heavy atom. The van der Waals surface area contributed by atoms with Crippen molar-refractivity contribution in [3.05, 3.63) is 34.9 Å². The van der Waals surface area contributed by atoms with Crippen LogP contribution in [-0.2, 0) is 20.7 Å². The van der Waals surface area contributed by atoms with E-state index in [1.165, 1.54) is 12.0 Å². The van der Waals surface area contributed by atoms with Crippen LogP contribution in [0.15, 0.2) is 24.3 Å². The van der Waals surface area contributed by atoms with Crippen LogP contribution in [-0.4, -0.2) is 47.7 Å². The number of hydrogen-bond donors (Lipinski definition) is 1. The van der Waals surface area contributed by atoms with Crippen molar-refractivity contribution >= 4 is 23.5 Å². The Bertz CT molecular complexity index is 531. The number of carbonyl (C=O) groups is 2. The monoisotopic (exact) mass is 325 g/mol. The summed E-state index contributed by atoms with van der Waals surface area (Å²) >= 11 is 5.83. The highest BCUT2D eigenvalue weighted by Crippen LogP contribution is 2.22. The highest BCUT2D eigenvalue weighted by atomic mass is 35.5. The molecule has 0 spiro atoms. The molecule has 22 heavy (non-hydrogen) atoms. The number of hydrogen-bond acceptors (Lipinski definition) is 3. The maximum absolute atomic E-state index is 12.3. The number of nitrogens with zero attached hydrogens (tertiary/aromatic N) is 1. The van der Waals surface area contributed by atoms with Gasteiger partial charge in [0.05, 0.1) is 6.10 Å². The molecule has 1 aromatic rings. The second-order valence-electron chi connectivity index (χ2n) is 5.47. The van der Waals surface area contributed by atoms with Crippen molar-refractivity contribution in [3.8, 4) is 0 Å². The lowest BCUT2D eigenvalue weighted by atomic mass is 10.1. The van der Waals surface area contributed by atoms with E-state index >= 15 is 0 Å². The molecular weight excluding hydrogens is 306 g/mol. The van der Waals surface area contributed by atoms with E-state index in [2.05, 4.69) is 0 Å². The average Bonchev–Trinajstić information content (AvgIpc) is 2.94. The summed E-state index contributed by atoms with van der Waals surface area (Å²) in [6.45, 7) is 0.354. The van der Waals surface area contributed by atoms with Gasteiger partial charge < -0.3 is 14.7 Å². The topological polar surface area (TPSA) is 66.8 Å². The lowest BCUT2D eigenvalue weighted by Gasteiger charge is -2.21. The first-order valence-electron chi connectivity index (χ1n) is 7.30. The summed E-state index contributed by atoms with van der Waals surface area (Å²) in [6.07, 6.45) is 1.95. The molecule has 1 amide bonds. The van der Waals surface area contributed by atoms with Crippen LogP contribution in [0, 0.1) is 0 Å². The first-order chi connectivity index (χ1) is 10.5. The molecule has 1 aliphatic rings. The molecule has 2 atom stereocenters. The third kappa shape index (κ3) is 4.21. The number of likely N-dealkylation sites (tertiary alicyclic amines) is 1. The maximum atomic E-state index is 12.3. The van der Waals surface area contributed by atoms with Gasteiger partial charge in [-0.25, -0.2) is 4.79 Å². The number of ether oxygens (including phenoxy) is 1.